The highest BCUT2D eigenvalue weighted by molar-refractivity contribution is 9.10. The van der Waals surface area contributed by atoms with Crippen molar-refractivity contribution in [3.05, 3.63) is 34.3 Å². The molecule has 0 bridgehead atoms. The fourth-order valence-electron chi connectivity index (χ4n) is 1.78. The molecule has 0 radical (unpaired) electrons. The van der Waals surface area contributed by atoms with E-state index in [-0.39, 0.29) is 18.6 Å². The zero-order valence-corrected chi connectivity index (χ0v) is 10.8. The number of nitrogens with one attached hydrogen (secondary N) is 1. The number of esters is 1. The number of carbonyl (C=O) groups excluding carboxylic acids is 1. The van der Waals surface area contributed by atoms with Crippen LogP contribution in [0.4, 0.5) is 0 Å². The van der Waals surface area contributed by atoms with Gasteiger partial charge in [0.1, 0.15) is 12.6 Å². The predicted octanol–water partition coefficient (Wildman–Crippen LogP) is 1.22. The summed E-state index contributed by atoms with van der Waals surface area (Å²) in [4.78, 5) is 11.6. The minimum absolute atomic E-state index is 0.256. The third-order valence-corrected chi connectivity index (χ3v) is 3.16. The Labute approximate surface area is 108 Å². The fraction of sp³-hybridized carbons (Fsp3) is 0.417. The third kappa shape index (κ3) is 3.52. The molecule has 2 N–H and O–H groups in total. The van der Waals surface area contributed by atoms with Gasteiger partial charge in [-0.2, -0.15) is 0 Å². The van der Waals surface area contributed by atoms with Gasteiger partial charge in [0.05, 0.1) is 6.10 Å². The summed E-state index contributed by atoms with van der Waals surface area (Å²) in [6.45, 7) is 0.712. The topological polar surface area (TPSA) is 58.6 Å². The van der Waals surface area contributed by atoms with Crippen LogP contribution in [0.3, 0.4) is 0 Å². The molecule has 17 heavy (non-hydrogen) atoms. The second-order valence-corrected chi connectivity index (χ2v) is 5.00. The molecule has 1 aliphatic rings. The van der Waals surface area contributed by atoms with Gasteiger partial charge in [0.15, 0.2) is 0 Å². The maximum absolute atomic E-state index is 11.6. The van der Waals surface area contributed by atoms with Gasteiger partial charge in [-0.3, -0.25) is 4.79 Å². The first kappa shape index (κ1) is 12.5. The number of aliphatic hydroxyl groups excluding tert-OH is 1. The molecule has 2 rings (SSSR count). The van der Waals surface area contributed by atoms with Gasteiger partial charge in [-0.1, -0.05) is 28.1 Å². The van der Waals surface area contributed by atoms with E-state index in [1.54, 1.807) is 0 Å². The van der Waals surface area contributed by atoms with Gasteiger partial charge in [0.25, 0.3) is 0 Å². The molecule has 1 aromatic rings. The Morgan fingerprint density at radius 3 is 3.06 bits per heavy atom. The molecule has 0 aliphatic carbocycles. The quantitative estimate of drug-likeness (QED) is 0.824. The summed E-state index contributed by atoms with van der Waals surface area (Å²) in [5.41, 5.74) is 0.936. The Morgan fingerprint density at radius 1 is 1.59 bits per heavy atom. The maximum Gasteiger partial charge on any atom is 0.323 e. The van der Waals surface area contributed by atoms with Crippen molar-refractivity contribution in [2.75, 3.05) is 6.54 Å². The lowest BCUT2D eigenvalue weighted by atomic mass is 10.2. The second-order valence-electron chi connectivity index (χ2n) is 4.09. The monoisotopic (exact) mass is 299 g/mol. The third-order valence-electron chi connectivity index (χ3n) is 2.66. The van der Waals surface area contributed by atoms with Gasteiger partial charge >= 0.3 is 5.97 Å². The number of ether oxygens (including phenoxy) is 1. The number of halogens is 1. The normalized spacial score (nSPS) is 23.6. The minimum atomic E-state index is -0.446. The van der Waals surface area contributed by atoms with Crippen molar-refractivity contribution >= 4 is 21.9 Å². The fourth-order valence-corrected chi connectivity index (χ4v) is 2.23. The van der Waals surface area contributed by atoms with Crippen LogP contribution in [0.5, 0.6) is 0 Å². The summed E-state index contributed by atoms with van der Waals surface area (Å²) in [5, 5.41) is 12.2. The van der Waals surface area contributed by atoms with E-state index in [9.17, 15) is 9.90 Å². The summed E-state index contributed by atoms with van der Waals surface area (Å²) in [5.74, 6) is -0.304. The van der Waals surface area contributed by atoms with E-state index in [1.807, 2.05) is 24.3 Å². The molecule has 5 heteroatoms. The molecular weight excluding hydrogens is 286 g/mol. The highest BCUT2D eigenvalue weighted by Crippen LogP contribution is 2.13. The van der Waals surface area contributed by atoms with E-state index in [0.29, 0.717) is 13.0 Å². The number of benzene rings is 1. The second kappa shape index (κ2) is 5.62. The van der Waals surface area contributed by atoms with Gasteiger partial charge in [0, 0.05) is 17.4 Å². The summed E-state index contributed by atoms with van der Waals surface area (Å²) in [7, 11) is 0. The predicted molar refractivity (Wildman–Crippen MR) is 66.4 cm³/mol. The molecule has 1 aliphatic heterocycles. The number of rotatable bonds is 3. The molecule has 2 atom stereocenters. The molecule has 0 saturated carbocycles. The largest absolute Gasteiger partial charge is 0.460 e. The van der Waals surface area contributed by atoms with Crippen molar-refractivity contribution in [2.24, 2.45) is 0 Å². The number of β-amino-alcohol motifs (C(OH)–C–C–N with tert-alkyl or cyclic N) is 1. The van der Waals surface area contributed by atoms with Gasteiger partial charge in [-0.05, 0) is 17.7 Å². The van der Waals surface area contributed by atoms with Gasteiger partial charge in [-0.15, -0.1) is 0 Å². The van der Waals surface area contributed by atoms with E-state index >= 15 is 0 Å². The number of hydrogen-bond donors (Lipinski definition) is 2. The summed E-state index contributed by atoms with van der Waals surface area (Å²) in [6, 6.07) is 7.24. The Bertz CT molecular complexity index is 410. The van der Waals surface area contributed by atoms with Crippen molar-refractivity contribution in [3.8, 4) is 0 Å². The average molecular weight is 300 g/mol. The first-order chi connectivity index (χ1) is 8.15. The van der Waals surface area contributed by atoms with E-state index in [1.165, 1.54) is 0 Å². The first-order valence-corrected chi connectivity index (χ1v) is 6.27. The summed E-state index contributed by atoms with van der Waals surface area (Å²) in [6.07, 6.45) is -0.0180. The minimum Gasteiger partial charge on any atom is -0.460 e. The molecule has 92 valence electrons. The van der Waals surface area contributed by atoms with Gasteiger partial charge < -0.3 is 15.2 Å². The molecule has 0 amide bonds. The van der Waals surface area contributed by atoms with E-state index in [4.69, 9.17) is 4.74 Å². The molecule has 0 aromatic heterocycles. The van der Waals surface area contributed by atoms with Crippen LogP contribution in [0.25, 0.3) is 0 Å². The number of aliphatic hydroxyl groups is 1. The van der Waals surface area contributed by atoms with Crippen molar-refractivity contribution in [1.82, 2.24) is 5.32 Å². The molecule has 1 fully saturated rings. The lowest BCUT2D eigenvalue weighted by Gasteiger charge is -2.10. The number of carbonyl (C=O) groups is 1. The van der Waals surface area contributed by atoms with Crippen LogP contribution in [0.2, 0.25) is 0 Å². The van der Waals surface area contributed by atoms with Crippen LogP contribution in [0.15, 0.2) is 28.7 Å². The first-order valence-electron chi connectivity index (χ1n) is 5.47. The molecule has 1 saturated heterocycles. The molecule has 4 nitrogen and oxygen atoms in total. The van der Waals surface area contributed by atoms with Crippen LogP contribution < -0.4 is 5.32 Å². The molecular formula is C12H14BrNO3. The molecule has 0 spiro atoms. The zero-order valence-electron chi connectivity index (χ0n) is 9.23. The lowest BCUT2D eigenvalue weighted by Crippen LogP contribution is -2.32. The SMILES string of the molecule is O=C(OCc1cccc(Br)c1)[C@H]1C[C@@H](O)CN1. The zero-order chi connectivity index (χ0) is 12.3. The standard InChI is InChI=1S/C12H14BrNO3/c13-9-3-1-2-8(4-9)7-17-12(16)11-5-10(15)6-14-11/h1-4,10-11,14-15H,5-7H2/t10-,11-/m1/s1. The Balaban J connectivity index is 1.84. The van der Waals surface area contributed by atoms with Gasteiger partial charge in [0.2, 0.25) is 0 Å². The van der Waals surface area contributed by atoms with Crippen LogP contribution >= 0.6 is 15.9 Å². The summed E-state index contributed by atoms with van der Waals surface area (Å²) >= 11 is 3.36. The van der Waals surface area contributed by atoms with E-state index in [2.05, 4.69) is 21.2 Å². The average Bonchev–Trinajstić information content (AvgIpc) is 2.73. The smallest absolute Gasteiger partial charge is 0.323 e. The van der Waals surface area contributed by atoms with Gasteiger partial charge in [-0.25, -0.2) is 0 Å². The van der Waals surface area contributed by atoms with Crippen molar-refractivity contribution in [1.29, 1.82) is 0 Å². The highest BCUT2D eigenvalue weighted by Gasteiger charge is 2.29. The maximum atomic E-state index is 11.6. The van der Waals surface area contributed by atoms with Crippen molar-refractivity contribution in [2.45, 2.75) is 25.2 Å². The molecule has 1 heterocycles. The Hall–Kier alpha value is -0.910. The van der Waals surface area contributed by atoms with Crippen LogP contribution in [0.1, 0.15) is 12.0 Å². The van der Waals surface area contributed by atoms with Crippen molar-refractivity contribution in [3.63, 3.8) is 0 Å². The Kier molecular flexibility index (Phi) is 4.15. The van der Waals surface area contributed by atoms with E-state index in [0.717, 1.165) is 10.0 Å². The lowest BCUT2D eigenvalue weighted by molar-refractivity contribution is -0.147. The Morgan fingerprint density at radius 2 is 2.41 bits per heavy atom. The molecule has 1 aromatic carbocycles. The van der Waals surface area contributed by atoms with E-state index < -0.39 is 6.10 Å². The van der Waals surface area contributed by atoms with Crippen LogP contribution in [-0.2, 0) is 16.1 Å². The van der Waals surface area contributed by atoms with Crippen LogP contribution in [-0.4, -0.2) is 29.8 Å². The highest BCUT2D eigenvalue weighted by atomic mass is 79.9. The molecule has 0 unspecified atom stereocenters. The number of hydrogen-bond acceptors (Lipinski definition) is 4. The van der Waals surface area contributed by atoms with Crippen LogP contribution in [0, 0.1) is 0 Å². The summed E-state index contributed by atoms with van der Waals surface area (Å²) < 4.78 is 6.14. The van der Waals surface area contributed by atoms with Crippen molar-refractivity contribution < 1.29 is 14.6 Å².